The molecule has 0 aromatic carbocycles. The van der Waals surface area contributed by atoms with Gasteiger partial charge in [0.1, 0.15) is 10.5 Å². The van der Waals surface area contributed by atoms with Crippen molar-refractivity contribution < 1.29 is 22.1 Å². The van der Waals surface area contributed by atoms with Crippen molar-refractivity contribution in [3.05, 3.63) is 21.9 Å². The lowest BCUT2D eigenvalue weighted by Crippen LogP contribution is -2.18. The predicted octanol–water partition coefficient (Wildman–Crippen LogP) is 0.157. The highest BCUT2D eigenvalue weighted by Crippen LogP contribution is 2.35. The van der Waals surface area contributed by atoms with Crippen LogP contribution < -0.4 is 10.9 Å². The molecule has 1 aromatic heterocycles. The second-order valence-electron chi connectivity index (χ2n) is 2.88. The SMILES string of the molecule is Nc1cnc([N+](=O)[O-])c(C(F)F)c1S(N)(=O)=O. The van der Waals surface area contributed by atoms with Gasteiger partial charge >= 0.3 is 5.82 Å². The maximum Gasteiger partial charge on any atom is 0.373 e. The van der Waals surface area contributed by atoms with E-state index in [1.165, 1.54) is 0 Å². The first-order valence-electron chi connectivity index (χ1n) is 3.90. The molecule has 0 radical (unpaired) electrons. The highest BCUT2D eigenvalue weighted by Gasteiger charge is 2.33. The lowest BCUT2D eigenvalue weighted by molar-refractivity contribution is -0.391. The monoisotopic (exact) mass is 268 g/mol. The van der Waals surface area contributed by atoms with Crippen molar-refractivity contribution in [3.63, 3.8) is 0 Å². The van der Waals surface area contributed by atoms with E-state index in [0.29, 0.717) is 6.20 Å². The predicted molar refractivity (Wildman–Crippen MR) is 51.6 cm³/mol. The lowest BCUT2D eigenvalue weighted by Gasteiger charge is -2.08. The van der Waals surface area contributed by atoms with Gasteiger partial charge in [-0.25, -0.2) is 22.3 Å². The summed E-state index contributed by atoms with van der Waals surface area (Å²) >= 11 is 0. The topological polar surface area (TPSA) is 142 Å². The molecule has 94 valence electrons. The van der Waals surface area contributed by atoms with Crippen LogP contribution in [0.25, 0.3) is 0 Å². The Morgan fingerprint density at radius 3 is 2.35 bits per heavy atom. The molecule has 0 aliphatic rings. The van der Waals surface area contributed by atoms with Crippen LogP contribution in [0.15, 0.2) is 11.1 Å². The number of halogens is 2. The van der Waals surface area contributed by atoms with E-state index >= 15 is 0 Å². The highest BCUT2D eigenvalue weighted by molar-refractivity contribution is 7.89. The Bertz CT molecular complexity index is 574. The summed E-state index contributed by atoms with van der Waals surface area (Å²) in [5.74, 6) is -1.29. The molecule has 1 aromatic rings. The van der Waals surface area contributed by atoms with Crippen LogP contribution in [0.2, 0.25) is 0 Å². The van der Waals surface area contributed by atoms with Crippen molar-refractivity contribution in [2.75, 3.05) is 5.73 Å². The van der Waals surface area contributed by atoms with Crippen LogP contribution in [0.3, 0.4) is 0 Å². The van der Waals surface area contributed by atoms with Crippen LogP contribution in [-0.4, -0.2) is 18.3 Å². The van der Waals surface area contributed by atoms with Gasteiger partial charge in [0.05, 0.1) is 5.69 Å². The second kappa shape index (κ2) is 4.18. The molecule has 0 saturated carbocycles. The Balaban J connectivity index is 3.80. The molecule has 17 heavy (non-hydrogen) atoms. The summed E-state index contributed by atoms with van der Waals surface area (Å²) in [6.45, 7) is 0. The molecule has 0 atom stereocenters. The summed E-state index contributed by atoms with van der Waals surface area (Å²) in [4.78, 5) is 11.1. The summed E-state index contributed by atoms with van der Waals surface area (Å²) in [5, 5.41) is 15.1. The van der Waals surface area contributed by atoms with E-state index in [0.717, 1.165) is 0 Å². The largest absolute Gasteiger partial charge is 0.395 e. The number of alkyl halides is 2. The molecule has 1 rings (SSSR count). The summed E-state index contributed by atoms with van der Waals surface area (Å²) in [6.07, 6.45) is -2.86. The van der Waals surface area contributed by atoms with Crippen molar-refractivity contribution in [1.82, 2.24) is 4.98 Å². The van der Waals surface area contributed by atoms with E-state index < -0.39 is 43.3 Å². The zero-order valence-corrected chi connectivity index (χ0v) is 8.82. The van der Waals surface area contributed by atoms with Crippen LogP contribution in [0.1, 0.15) is 12.0 Å². The summed E-state index contributed by atoms with van der Waals surface area (Å²) in [6, 6.07) is 0. The van der Waals surface area contributed by atoms with Gasteiger partial charge in [0.15, 0.2) is 6.20 Å². The molecule has 4 N–H and O–H groups in total. The number of nitrogens with zero attached hydrogens (tertiary/aromatic N) is 2. The average molecular weight is 268 g/mol. The molecule has 0 fully saturated rings. The number of hydrogen-bond donors (Lipinski definition) is 2. The molecule has 1 heterocycles. The molecule has 8 nitrogen and oxygen atoms in total. The number of anilines is 1. The third-order valence-corrected chi connectivity index (χ3v) is 2.77. The number of nitrogens with two attached hydrogens (primary N) is 2. The maximum absolute atomic E-state index is 12.6. The number of aromatic nitrogens is 1. The quantitative estimate of drug-likeness (QED) is 0.590. The number of rotatable bonds is 3. The van der Waals surface area contributed by atoms with E-state index in [1.54, 1.807) is 0 Å². The minimum Gasteiger partial charge on any atom is -0.395 e. The van der Waals surface area contributed by atoms with Crippen LogP contribution in [0.5, 0.6) is 0 Å². The van der Waals surface area contributed by atoms with Gasteiger partial charge < -0.3 is 15.8 Å². The van der Waals surface area contributed by atoms with Gasteiger partial charge in [-0.3, -0.25) is 0 Å². The molecule has 0 aliphatic carbocycles. The minimum absolute atomic E-state index is 0.587. The number of nitro groups is 1. The molecular formula is C6H6F2N4O4S. The standard InChI is InChI=1S/C6H6F2N4O4S/c7-5(8)3-4(17(10,15)16)2(9)1-11-6(3)12(13)14/h1,5H,9H2,(H2,10,15,16). The fraction of sp³-hybridized carbons (Fsp3) is 0.167. The molecular weight excluding hydrogens is 262 g/mol. The van der Waals surface area contributed by atoms with Crippen LogP contribution in [0.4, 0.5) is 20.3 Å². The molecule has 11 heteroatoms. The fourth-order valence-corrected chi connectivity index (χ4v) is 2.04. The van der Waals surface area contributed by atoms with Crippen molar-refractivity contribution >= 4 is 21.5 Å². The zero-order chi connectivity index (χ0) is 13.4. The number of sulfonamides is 1. The van der Waals surface area contributed by atoms with Crippen molar-refractivity contribution in [2.24, 2.45) is 5.14 Å². The first kappa shape index (κ1) is 13.2. The highest BCUT2D eigenvalue weighted by atomic mass is 32.2. The smallest absolute Gasteiger partial charge is 0.373 e. The van der Waals surface area contributed by atoms with Crippen LogP contribution in [0, 0.1) is 10.1 Å². The molecule has 0 aliphatic heterocycles. The van der Waals surface area contributed by atoms with E-state index in [2.05, 4.69) is 10.1 Å². The second-order valence-corrected chi connectivity index (χ2v) is 4.38. The van der Waals surface area contributed by atoms with Gasteiger partial charge in [0.25, 0.3) is 6.43 Å². The van der Waals surface area contributed by atoms with Crippen molar-refractivity contribution in [1.29, 1.82) is 0 Å². The number of hydrogen-bond acceptors (Lipinski definition) is 6. The van der Waals surface area contributed by atoms with Crippen molar-refractivity contribution in [3.8, 4) is 0 Å². The van der Waals surface area contributed by atoms with E-state index in [-0.39, 0.29) is 0 Å². The van der Waals surface area contributed by atoms with E-state index in [1.807, 2.05) is 0 Å². The first-order valence-corrected chi connectivity index (χ1v) is 5.44. The van der Waals surface area contributed by atoms with Gasteiger partial charge in [-0.15, -0.1) is 0 Å². The van der Waals surface area contributed by atoms with Gasteiger partial charge in [0, 0.05) is 0 Å². The Labute approximate surface area is 93.4 Å². The Kier molecular flexibility index (Phi) is 3.24. The number of pyridine rings is 1. The average Bonchev–Trinajstić information content (AvgIpc) is 2.14. The normalized spacial score (nSPS) is 11.8. The summed E-state index contributed by atoms with van der Waals surface area (Å²) in [7, 11) is -4.61. The third kappa shape index (κ3) is 2.45. The van der Waals surface area contributed by atoms with Gasteiger partial charge in [-0.2, -0.15) is 0 Å². The maximum atomic E-state index is 12.6. The fourth-order valence-electron chi connectivity index (χ4n) is 1.18. The summed E-state index contributed by atoms with van der Waals surface area (Å²) < 4.78 is 47.4. The van der Waals surface area contributed by atoms with Crippen molar-refractivity contribution in [2.45, 2.75) is 11.3 Å². The Hall–Kier alpha value is -1.88. The lowest BCUT2D eigenvalue weighted by atomic mass is 10.2. The molecule has 0 bridgehead atoms. The number of nitrogen functional groups attached to an aromatic ring is 1. The van der Waals surface area contributed by atoms with E-state index in [4.69, 9.17) is 5.73 Å². The minimum atomic E-state index is -4.61. The number of primary sulfonamides is 1. The zero-order valence-electron chi connectivity index (χ0n) is 8.00. The van der Waals surface area contributed by atoms with Crippen LogP contribution in [-0.2, 0) is 10.0 Å². The van der Waals surface area contributed by atoms with Crippen LogP contribution >= 0.6 is 0 Å². The molecule has 0 unspecified atom stereocenters. The van der Waals surface area contributed by atoms with Gasteiger partial charge in [-0.1, -0.05) is 0 Å². The molecule has 0 saturated heterocycles. The molecule has 0 spiro atoms. The van der Waals surface area contributed by atoms with Gasteiger partial charge in [0.2, 0.25) is 10.0 Å². The molecule has 0 amide bonds. The Morgan fingerprint density at radius 2 is 2.00 bits per heavy atom. The first-order chi connectivity index (χ1) is 7.66. The van der Waals surface area contributed by atoms with E-state index in [9.17, 15) is 27.3 Å². The summed E-state index contributed by atoms with van der Waals surface area (Å²) in [5.41, 5.74) is 3.06. The third-order valence-electron chi connectivity index (χ3n) is 1.75. The Morgan fingerprint density at radius 1 is 1.47 bits per heavy atom. The van der Waals surface area contributed by atoms with Gasteiger partial charge in [-0.05, 0) is 9.91 Å².